The topological polar surface area (TPSA) is 57.0 Å². The molecule has 0 spiro atoms. The number of aromatic nitrogens is 2. The molecule has 2 atom stereocenters. The van der Waals surface area contributed by atoms with E-state index < -0.39 is 0 Å². The lowest BCUT2D eigenvalue weighted by Gasteiger charge is -2.24. The van der Waals surface area contributed by atoms with Crippen LogP contribution in [0.15, 0.2) is 47.1 Å². The molecule has 0 aliphatic carbocycles. The van der Waals surface area contributed by atoms with Crippen LogP contribution in [0.1, 0.15) is 31.0 Å². The fraction of sp³-hybridized carbons (Fsp3) is 0.312. The fourth-order valence-corrected chi connectivity index (χ4v) is 2.73. The van der Waals surface area contributed by atoms with E-state index in [1.165, 1.54) is 0 Å². The summed E-state index contributed by atoms with van der Waals surface area (Å²) in [5, 5.41) is 0. The van der Waals surface area contributed by atoms with Crippen LogP contribution >= 0.6 is 0 Å². The van der Waals surface area contributed by atoms with Crippen molar-refractivity contribution in [1.82, 2.24) is 9.55 Å². The van der Waals surface area contributed by atoms with E-state index in [9.17, 15) is 0 Å². The van der Waals surface area contributed by atoms with Crippen molar-refractivity contribution in [2.45, 2.75) is 32.4 Å². The van der Waals surface area contributed by atoms with Gasteiger partial charge in [-0.25, -0.2) is 4.98 Å². The predicted octanol–water partition coefficient (Wildman–Crippen LogP) is 3.26. The summed E-state index contributed by atoms with van der Waals surface area (Å²) >= 11 is 0. The first-order valence-corrected chi connectivity index (χ1v) is 6.95. The summed E-state index contributed by atoms with van der Waals surface area (Å²) in [5.41, 5.74) is 8.43. The summed E-state index contributed by atoms with van der Waals surface area (Å²) < 4.78 is 7.80. The van der Waals surface area contributed by atoms with Crippen molar-refractivity contribution in [1.29, 1.82) is 0 Å². The number of rotatable bonds is 4. The summed E-state index contributed by atoms with van der Waals surface area (Å²) in [5.74, 6) is 1.84. The summed E-state index contributed by atoms with van der Waals surface area (Å²) in [7, 11) is 0. The number of para-hydroxylation sites is 2. The van der Waals surface area contributed by atoms with Crippen molar-refractivity contribution in [3.8, 4) is 0 Å². The molecule has 1 aromatic carbocycles. The highest BCUT2D eigenvalue weighted by Gasteiger charge is 2.26. The summed E-state index contributed by atoms with van der Waals surface area (Å²) in [6, 6.07) is 12.0. The summed E-state index contributed by atoms with van der Waals surface area (Å²) in [4.78, 5) is 4.63. The number of furan rings is 1. The van der Waals surface area contributed by atoms with Gasteiger partial charge in [0.25, 0.3) is 0 Å². The monoisotopic (exact) mass is 269 g/mol. The Morgan fingerprint density at radius 1 is 1.25 bits per heavy atom. The molecule has 104 valence electrons. The highest BCUT2D eigenvalue weighted by molar-refractivity contribution is 5.76. The second kappa shape index (κ2) is 5.13. The third-order valence-corrected chi connectivity index (χ3v) is 3.76. The molecule has 2 heterocycles. The third kappa shape index (κ3) is 2.02. The van der Waals surface area contributed by atoms with Crippen molar-refractivity contribution in [2.75, 3.05) is 0 Å². The molecule has 3 rings (SSSR count). The van der Waals surface area contributed by atoms with Gasteiger partial charge in [-0.05, 0) is 37.6 Å². The SMILES string of the molecule is CCC(N)C(c1ccco1)n1c(C)nc2ccccc21. The number of hydrogen-bond acceptors (Lipinski definition) is 3. The Balaban J connectivity index is 2.21. The van der Waals surface area contributed by atoms with Crippen molar-refractivity contribution in [2.24, 2.45) is 5.73 Å². The zero-order valence-corrected chi connectivity index (χ0v) is 11.8. The van der Waals surface area contributed by atoms with Crippen LogP contribution in [0.3, 0.4) is 0 Å². The average Bonchev–Trinajstić information content (AvgIpc) is 3.08. The van der Waals surface area contributed by atoms with Crippen LogP contribution in [-0.4, -0.2) is 15.6 Å². The maximum Gasteiger partial charge on any atom is 0.128 e. The molecular formula is C16H19N3O. The number of hydrogen-bond donors (Lipinski definition) is 1. The zero-order chi connectivity index (χ0) is 14.1. The van der Waals surface area contributed by atoms with E-state index in [-0.39, 0.29) is 12.1 Å². The molecule has 0 aliphatic rings. The van der Waals surface area contributed by atoms with Crippen LogP contribution < -0.4 is 5.73 Å². The Bertz CT molecular complexity index is 700. The van der Waals surface area contributed by atoms with E-state index in [0.29, 0.717) is 0 Å². The van der Waals surface area contributed by atoms with E-state index in [4.69, 9.17) is 10.2 Å². The van der Waals surface area contributed by atoms with Gasteiger partial charge in [-0.2, -0.15) is 0 Å². The van der Waals surface area contributed by atoms with Crippen molar-refractivity contribution in [3.63, 3.8) is 0 Å². The van der Waals surface area contributed by atoms with Gasteiger partial charge >= 0.3 is 0 Å². The Labute approximate surface area is 118 Å². The largest absolute Gasteiger partial charge is 0.467 e. The predicted molar refractivity (Wildman–Crippen MR) is 79.6 cm³/mol. The second-order valence-electron chi connectivity index (χ2n) is 5.05. The van der Waals surface area contributed by atoms with Gasteiger partial charge in [0.2, 0.25) is 0 Å². The Hall–Kier alpha value is -2.07. The first-order chi connectivity index (χ1) is 9.72. The molecule has 20 heavy (non-hydrogen) atoms. The molecule has 0 aliphatic heterocycles. The van der Waals surface area contributed by atoms with Gasteiger partial charge in [0.1, 0.15) is 17.6 Å². The molecule has 0 saturated heterocycles. The minimum absolute atomic E-state index is 0.0162. The Kier molecular flexibility index (Phi) is 3.32. The van der Waals surface area contributed by atoms with Gasteiger partial charge in [0.05, 0.1) is 17.3 Å². The van der Waals surface area contributed by atoms with Gasteiger partial charge in [-0.3, -0.25) is 0 Å². The molecule has 2 N–H and O–H groups in total. The van der Waals surface area contributed by atoms with E-state index in [2.05, 4.69) is 22.5 Å². The Morgan fingerprint density at radius 2 is 2.05 bits per heavy atom. The van der Waals surface area contributed by atoms with Gasteiger partial charge in [0.15, 0.2) is 0 Å². The van der Waals surface area contributed by atoms with Crippen LogP contribution in [-0.2, 0) is 0 Å². The van der Waals surface area contributed by atoms with Crippen LogP contribution in [0.5, 0.6) is 0 Å². The van der Waals surface area contributed by atoms with Crippen molar-refractivity contribution in [3.05, 3.63) is 54.2 Å². The van der Waals surface area contributed by atoms with Crippen LogP contribution in [0.4, 0.5) is 0 Å². The molecule has 3 aromatic rings. The van der Waals surface area contributed by atoms with Gasteiger partial charge in [-0.15, -0.1) is 0 Å². The number of fused-ring (bicyclic) bond motifs is 1. The van der Waals surface area contributed by atoms with E-state index in [0.717, 1.165) is 29.0 Å². The van der Waals surface area contributed by atoms with Crippen LogP contribution in [0.2, 0.25) is 0 Å². The lowest BCUT2D eigenvalue weighted by Crippen LogP contribution is -2.32. The smallest absolute Gasteiger partial charge is 0.128 e. The first kappa shape index (κ1) is 12.9. The van der Waals surface area contributed by atoms with Gasteiger partial charge in [-0.1, -0.05) is 19.1 Å². The molecule has 0 saturated carbocycles. The molecule has 2 aromatic heterocycles. The highest BCUT2D eigenvalue weighted by atomic mass is 16.3. The lowest BCUT2D eigenvalue weighted by molar-refractivity contribution is 0.374. The minimum atomic E-state index is -0.0256. The minimum Gasteiger partial charge on any atom is -0.467 e. The second-order valence-corrected chi connectivity index (χ2v) is 5.05. The van der Waals surface area contributed by atoms with Gasteiger partial charge < -0.3 is 14.7 Å². The van der Waals surface area contributed by atoms with E-state index >= 15 is 0 Å². The fourth-order valence-electron chi connectivity index (χ4n) is 2.73. The number of nitrogens with zero attached hydrogens (tertiary/aromatic N) is 2. The Morgan fingerprint density at radius 3 is 2.75 bits per heavy atom. The standard InChI is InChI=1S/C16H19N3O/c1-3-12(17)16(15-9-6-10-20-15)19-11(2)18-13-7-4-5-8-14(13)19/h4-10,12,16H,3,17H2,1-2H3. The maximum atomic E-state index is 6.35. The summed E-state index contributed by atoms with van der Waals surface area (Å²) in [6.45, 7) is 4.10. The van der Waals surface area contributed by atoms with E-state index in [1.807, 2.05) is 37.3 Å². The molecule has 0 fully saturated rings. The summed E-state index contributed by atoms with van der Waals surface area (Å²) in [6.07, 6.45) is 2.57. The highest BCUT2D eigenvalue weighted by Crippen LogP contribution is 2.29. The molecular weight excluding hydrogens is 250 g/mol. The molecule has 0 amide bonds. The number of imidazole rings is 1. The number of aryl methyl sites for hydroxylation is 1. The maximum absolute atomic E-state index is 6.35. The zero-order valence-electron chi connectivity index (χ0n) is 11.8. The van der Waals surface area contributed by atoms with Crippen LogP contribution in [0, 0.1) is 6.92 Å². The molecule has 4 nitrogen and oxygen atoms in total. The first-order valence-electron chi connectivity index (χ1n) is 6.95. The molecule has 0 radical (unpaired) electrons. The van der Waals surface area contributed by atoms with Gasteiger partial charge in [0, 0.05) is 6.04 Å². The number of benzene rings is 1. The molecule has 2 unspecified atom stereocenters. The quantitative estimate of drug-likeness (QED) is 0.791. The molecule has 4 heteroatoms. The van der Waals surface area contributed by atoms with Crippen molar-refractivity contribution < 1.29 is 4.42 Å². The average molecular weight is 269 g/mol. The van der Waals surface area contributed by atoms with Crippen LogP contribution in [0.25, 0.3) is 11.0 Å². The molecule has 0 bridgehead atoms. The van der Waals surface area contributed by atoms with E-state index in [1.54, 1.807) is 6.26 Å². The lowest BCUT2D eigenvalue weighted by atomic mass is 10.0. The third-order valence-electron chi connectivity index (χ3n) is 3.76. The normalized spacial score (nSPS) is 14.6. The van der Waals surface area contributed by atoms with Crippen molar-refractivity contribution >= 4 is 11.0 Å². The number of nitrogens with two attached hydrogens (primary N) is 1.